The number of hydrogen-bond acceptors (Lipinski definition) is 5. The van der Waals surface area contributed by atoms with Gasteiger partial charge in [0.2, 0.25) is 0 Å². The van der Waals surface area contributed by atoms with Crippen molar-refractivity contribution in [3.8, 4) is 0 Å². The molecule has 0 bridgehead atoms. The van der Waals surface area contributed by atoms with Crippen LogP contribution in [0.25, 0.3) is 10.1 Å². The minimum atomic E-state index is -3.97. The number of benzene rings is 1. The number of hydrogen-bond donors (Lipinski definition) is 2. The van der Waals surface area contributed by atoms with Crippen LogP contribution in [-0.4, -0.2) is 66.3 Å². The lowest BCUT2D eigenvalue weighted by atomic mass is 9.72. The zero-order valence-electron chi connectivity index (χ0n) is 16.0. The maximum atomic E-state index is 11.7. The summed E-state index contributed by atoms with van der Waals surface area (Å²) in [5, 5.41) is 4.65. The third-order valence-electron chi connectivity index (χ3n) is 7.43. The smallest absolute Gasteiger partial charge is 0.270 e. The van der Waals surface area contributed by atoms with Gasteiger partial charge in [-0.25, -0.2) is 0 Å². The molecule has 2 aliphatic heterocycles. The average molecular weight is 423 g/mol. The van der Waals surface area contributed by atoms with Crippen LogP contribution in [0.15, 0.2) is 24.3 Å². The van der Waals surface area contributed by atoms with Gasteiger partial charge in [0.15, 0.2) is 0 Å². The fraction of sp³-hybridized carbons (Fsp3) is 0.650. The van der Waals surface area contributed by atoms with Gasteiger partial charge in [0.1, 0.15) is 11.8 Å². The average Bonchev–Trinajstić information content (AvgIpc) is 3.24. The fourth-order valence-electron chi connectivity index (χ4n) is 6.22. The summed E-state index contributed by atoms with van der Waals surface area (Å²) in [5.74, 6) is 1.51. The molecule has 0 radical (unpaired) electrons. The van der Waals surface area contributed by atoms with E-state index in [1.807, 2.05) is 0 Å². The predicted molar refractivity (Wildman–Crippen MR) is 111 cm³/mol. The van der Waals surface area contributed by atoms with Crippen LogP contribution >= 0.6 is 11.5 Å². The number of nitrogens with zero attached hydrogens (tertiary/aromatic N) is 2. The summed E-state index contributed by atoms with van der Waals surface area (Å²) in [6, 6.07) is 8.47. The summed E-state index contributed by atoms with van der Waals surface area (Å²) in [5.41, 5.74) is 1.26. The van der Waals surface area contributed by atoms with Crippen LogP contribution in [0.2, 0.25) is 0 Å². The third kappa shape index (κ3) is 3.29. The highest BCUT2D eigenvalue weighted by molar-refractivity contribution is 7.85. The molecule has 5 rings (SSSR count). The van der Waals surface area contributed by atoms with Gasteiger partial charge in [0.05, 0.1) is 30.0 Å². The molecule has 1 aromatic heterocycles. The van der Waals surface area contributed by atoms with Crippen molar-refractivity contribution in [2.75, 3.05) is 38.5 Å². The molecule has 3 heterocycles. The largest absolute Gasteiger partial charge is 0.318 e. The fourth-order valence-corrected chi connectivity index (χ4v) is 7.98. The van der Waals surface area contributed by atoms with Crippen LogP contribution in [0.3, 0.4) is 0 Å². The minimum Gasteiger partial charge on any atom is -0.318 e. The summed E-state index contributed by atoms with van der Waals surface area (Å²) < 4.78 is 39.8. The van der Waals surface area contributed by atoms with Gasteiger partial charge in [-0.3, -0.25) is 4.55 Å². The molecule has 6 nitrogen and oxygen atoms in total. The molecule has 1 aromatic carbocycles. The maximum Gasteiger partial charge on any atom is 0.270 e. The van der Waals surface area contributed by atoms with Crippen molar-refractivity contribution >= 4 is 31.7 Å². The lowest BCUT2D eigenvalue weighted by Gasteiger charge is -2.45. The highest BCUT2D eigenvalue weighted by atomic mass is 32.2. The Labute approximate surface area is 170 Å². The lowest BCUT2D eigenvalue weighted by Crippen LogP contribution is -2.65. The van der Waals surface area contributed by atoms with Crippen molar-refractivity contribution < 1.29 is 17.5 Å². The second kappa shape index (κ2) is 7.02. The van der Waals surface area contributed by atoms with Gasteiger partial charge in [-0.05, 0) is 30.4 Å². The quantitative estimate of drug-likeness (QED) is 0.587. The monoisotopic (exact) mass is 422 g/mol. The van der Waals surface area contributed by atoms with Gasteiger partial charge in [-0.2, -0.15) is 12.8 Å². The van der Waals surface area contributed by atoms with E-state index in [4.69, 9.17) is 4.37 Å². The van der Waals surface area contributed by atoms with E-state index in [-0.39, 0.29) is 11.8 Å². The standard InChI is InChI=1S/C20H27N3O3S2/c24-28(25,26)13-15-10-21-8-9-23(15)11-14-4-3-6-16(18(14)12-23)20-17-5-1-2-7-19(17)27-22-20/h1-2,5,7,14-16,18,21H,3-4,6,8-13H2/p+1/t14-,15?,16?,18+,23?/m0/s1. The molecule has 8 heteroatoms. The molecule has 2 N–H and O–H groups in total. The summed E-state index contributed by atoms with van der Waals surface area (Å²) in [7, 11) is -3.97. The van der Waals surface area contributed by atoms with Crippen molar-refractivity contribution in [1.82, 2.24) is 9.69 Å². The Bertz CT molecular complexity index is 976. The Morgan fingerprint density at radius 3 is 2.96 bits per heavy atom. The summed E-state index contributed by atoms with van der Waals surface area (Å²) in [6.07, 6.45) is 3.63. The molecule has 3 fully saturated rings. The van der Waals surface area contributed by atoms with E-state index < -0.39 is 10.1 Å². The molecular formula is C20H28N3O3S2+. The van der Waals surface area contributed by atoms with Crippen LogP contribution < -0.4 is 5.32 Å². The van der Waals surface area contributed by atoms with Crippen molar-refractivity contribution in [1.29, 1.82) is 0 Å². The van der Waals surface area contributed by atoms with E-state index in [0.29, 0.717) is 24.3 Å². The number of piperazine rings is 1. The third-order valence-corrected chi connectivity index (χ3v) is 9.08. The Morgan fingerprint density at radius 2 is 2.11 bits per heavy atom. The van der Waals surface area contributed by atoms with Crippen LogP contribution in [0.1, 0.15) is 30.9 Å². The molecule has 1 spiro atoms. The number of quaternary nitrogens is 1. The second-order valence-corrected chi connectivity index (χ2v) is 11.2. The van der Waals surface area contributed by atoms with Gasteiger partial charge in [-0.15, -0.1) is 0 Å². The summed E-state index contributed by atoms with van der Waals surface area (Å²) in [4.78, 5) is 0. The van der Waals surface area contributed by atoms with Crippen LogP contribution in [0, 0.1) is 11.8 Å². The van der Waals surface area contributed by atoms with Gasteiger partial charge < -0.3 is 9.80 Å². The van der Waals surface area contributed by atoms with Crippen molar-refractivity contribution in [3.05, 3.63) is 30.0 Å². The van der Waals surface area contributed by atoms with Crippen molar-refractivity contribution in [3.63, 3.8) is 0 Å². The first-order valence-electron chi connectivity index (χ1n) is 10.3. The number of aromatic nitrogens is 1. The highest BCUT2D eigenvalue weighted by Crippen LogP contribution is 2.49. The van der Waals surface area contributed by atoms with Crippen LogP contribution in [0.5, 0.6) is 0 Å². The molecular weight excluding hydrogens is 394 g/mol. The predicted octanol–water partition coefficient (Wildman–Crippen LogP) is 2.49. The normalized spacial score (nSPS) is 36.0. The second-order valence-electron chi connectivity index (χ2n) is 8.94. The Morgan fingerprint density at radius 1 is 1.25 bits per heavy atom. The molecule has 3 unspecified atom stereocenters. The van der Waals surface area contributed by atoms with E-state index in [1.165, 1.54) is 35.0 Å². The van der Waals surface area contributed by atoms with E-state index in [9.17, 15) is 13.0 Å². The molecule has 3 aliphatic rings. The summed E-state index contributed by atoms with van der Waals surface area (Å²) in [6.45, 7) is 4.61. The Hall–Kier alpha value is -1.06. The number of fused-ring (bicyclic) bond motifs is 2. The van der Waals surface area contributed by atoms with Gasteiger partial charge in [-0.1, -0.05) is 24.6 Å². The van der Waals surface area contributed by atoms with Crippen LogP contribution in [0.4, 0.5) is 0 Å². The highest BCUT2D eigenvalue weighted by Gasteiger charge is 2.54. The molecule has 152 valence electrons. The minimum absolute atomic E-state index is 0.0535. The summed E-state index contributed by atoms with van der Waals surface area (Å²) >= 11 is 1.60. The zero-order valence-corrected chi connectivity index (χ0v) is 17.6. The Kier molecular flexibility index (Phi) is 4.75. The van der Waals surface area contributed by atoms with Gasteiger partial charge in [0, 0.05) is 36.2 Å². The van der Waals surface area contributed by atoms with Gasteiger partial charge >= 0.3 is 0 Å². The molecule has 2 saturated heterocycles. The number of rotatable bonds is 3. The van der Waals surface area contributed by atoms with Crippen LogP contribution in [-0.2, 0) is 10.1 Å². The van der Waals surface area contributed by atoms with E-state index in [2.05, 4.69) is 29.6 Å². The molecule has 28 heavy (non-hydrogen) atoms. The first-order valence-corrected chi connectivity index (χ1v) is 12.7. The molecule has 1 saturated carbocycles. The van der Waals surface area contributed by atoms with E-state index in [1.54, 1.807) is 11.5 Å². The first-order chi connectivity index (χ1) is 13.5. The Balaban J connectivity index is 1.47. The molecule has 2 aromatic rings. The maximum absolute atomic E-state index is 11.7. The van der Waals surface area contributed by atoms with Crippen molar-refractivity contribution in [2.24, 2.45) is 11.8 Å². The van der Waals surface area contributed by atoms with Gasteiger partial charge in [0.25, 0.3) is 10.1 Å². The zero-order chi connectivity index (χ0) is 19.4. The topological polar surface area (TPSA) is 79.3 Å². The van der Waals surface area contributed by atoms with E-state index >= 15 is 0 Å². The molecule has 1 aliphatic carbocycles. The number of nitrogens with one attached hydrogen (secondary N) is 1. The first kappa shape index (κ1) is 18.9. The molecule has 5 atom stereocenters. The lowest BCUT2D eigenvalue weighted by molar-refractivity contribution is -0.942. The van der Waals surface area contributed by atoms with Crippen molar-refractivity contribution in [2.45, 2.75) is 31.2 Å². The van der Waals surface area contributed by atoms with E-state index in [0.717, 1.165) is 30.7 Å². The SMILES string of the molecule is O=S(=O)(O)CC1CNCC[N+]12C[C@@H]1CCCC(c3nsc4ccccc34)[C@@H]1C2. The molecule has 0 amide bonds.